The van der Waals surface area contributed by atoms with Crippen LogP contribution >= 0.6 is 0 Å². The molecule has 1 aliphatic heterocycles. The topological polar surface area (TPSA) is 95.9 Å². The van der Waals surface area contributed by atoms with E-state index in [0.717, 1.165) is 18.4 Å². The molecule has 186 valence electrons. The van der Waals surface area contributed by atoms with Crippen LogP contribution in [0.25, 0.3) is 0 Å². The zero-order valence-corrected chi connectivity index (χ0v) is 20.9. The number of aliphatic hydroxyl groups excluding tert-OH is 1. The molecule has 8 heteroatoms. The van der Waals surface area contributed by atoms with Crippen LogP contribution in [-0.2, 0) is 11.2 Å². The van der Waals surface area contributed by atoms with E-state index in [0.29, 0.717) is 24.2 Å². The second-order valence-corrected chi connectivity index (χ2v) is 9.06. The first kappa shape index (κ1) is 26.2. The molecule has 2 aromatic rings. The molecule has 0 saturated heterocycles. The number of fused-ring (bicyclic) bond motifs is 1. The molecule has 0 bridgehead atoms. The number of amides is 2. The molecule has 35 heavy (non-hydrogen) atoms. The molecular weight excluding hydrogens is 444 g/mol. The van der Waals surface area contributed by atoms with Crippen LogP contribution < -0.4 is 4.74 Å². The standard InChI is InChI=1S/C27H34N4O4/c1-5-6-7-8-22-13-23-26(29-15-22)35-24(19(2)16-31(27(23)34)20(3)18-32)17-30(4)25(33)14-21-9-11-28-12-10-21/h9-13,15,19-20,24,32H,5-6,14,16-18H2,1-4H3/t19-,20-,24+/m1/s1. The number of likely N-dealkylation sites (N-methyl/N-ethyl adjacent to an activating group) is 1. The number of ether oxygens (including phenoxy) is 1. The van der Waals surface area contributed by atoms with Gasteiger partial charge in [-0.25, -0.2) is 4.98 Å². The van der Waals surface area contributed by atoms with Crippen molar-refractivity contribution in [1.29, 1.82) is 0 Å². The SMILES string of the molecule is CCCC#Cc1cnc2c(c1)C(=O)N([C@H](C)CO)C[C@@H](C)[C@H](CN(C)C(=O)Cc1ccncc1)O2. The maximum absolute atomic E-state index is 13.4. The van der Waals surface area contributed by atoms with Crippen molar-refractivity contribution >= 4 is 11.8 Å². The minimum Gasteiger partial charge on any atom is -0.472 e. The van der Waals surface area contributed by atoms with Crippen molar-refractivity contribution in [3.8, 4) is 17.7 Å². The minimum atomic E-state index is -0.397. The van der Waals surface area contributed by atoms with Gasteiger partial charge < -0.3 is 19.6 Å². The third-order valence-corrected chi connectivity index (χ3v) is 6.11. The Morgan fingerprint density at radius 2 is 2.11 bits per heavy atom. The first-order valence-electron chi connectivity index (χ1n) is 12.0. The fourth-order valence-electron chi connectivity index (χ4n) is 3.86. The Kier molecular flexibility index (Phi) is 9.21. The van der Waals surface area contributed by atoms with Crippen molar-refractivity contribution in [3.63, 3.8) is 0 Å². The van der Waals surface area contributed by atoms with Gasteiger partial charge in [-0.1, -0.05) is 25.7 Å². The normalized spacial score (nSPS) is 18.3. The summed E-state index contributed by atoms with van der Waals surface area (Å²) in [5.41, 5.74) is 1.84. The van der Waals surface area contributed by atoms with Crippen molar-refractivity contribution < 1.29 is 19.4 Å². The molecule has 0 saturated carbocycles. The first-order chi connectivity index (χ1) is 16.8. The molecule has 0 radical (unpaired) electrons. The lowest BCUT2D eigenvalue weighted by Gasteiger charge is -2.37. The van der Waals surface area contributed by atoms with Gasteiger partial charge in [-0.15, -0.1) is 0 Å². The van der Waals surface area contributed by atoms with Gasteiger partial charge in [0, 0.05) is 50.1 Å². The molecule has 0 spiro atoms. The molecule has 0 aliphatic carbocycles. The maximum atomic E-state index is 13.4. The Bertz CT molecular complexity index is 1080. The van der Waals surface area contributed by atoms with Gasteiger partial charge in [0.25, 0.3) is 5.91 Å². The second-order valence-electron chi connectivity index (χ2n) is 9.06. The Hall–Kier alpha value is -3.44. The van der Waals surface area contributed by atoms with Gasteiger partial charge in [-0.2, -0.15) is 0 Å². The molecular formula is C27H34N4O4. The minimum absolute atomic E-state index is 0.0413. The number of carbonyl (C=O) groups excluding carboxylic acids is 2. The summed E-state index contributed by atoms with van der Waals surface area (Å²) in [6.45, 7) is 6.39. The molecule has 2 amide bonds. The second kappa shape index (κ2) is 12.3. The van der Waals surface area contributed by atoms with Crippen molar-refractivity contribution in [2.45, 2.75) is 52.2 Å². The predicted molar refractivity (Wildman–Crippen MR) is 133 cm³/mol. The van der Waals surface area contributed by atoms with E-state index in [-0.39, 0.29) is 42.7 Å². The number of carbonyl (C=O) groups is 2. The van der Waals surface area contributed by atoms with Crippen LogP contribution in [-0.4, -0.2) is 75.6 Å². The number of hydrogen-bond acceptors (Lipinski definition) is 6. The van der Waals surface area contributed by atoms with Gasteiger partial charge in [0.15, 0.2) is 0 Å². The van der Waals surface area contributed by atoms with Crippen LogP contribution in [0.4, 0.5) is 0 Å². The largest absolute Gasteiger partial charge is 0.472 e. The van der Waals surface area contributed by atoms with Crippen molar-refractivity contribution in [3.05, 3.63) is 53.5 Å². The highest BCUT2D eigenvalue weighted by Crippen LogP contribution is 2.27. The molecule has 3 rings (SSSR count). The van der Waals surface area contributed by atoms with E-state index in [4.69, 9.17) is 4.74 Å². The monoisotopic (exact) mass is 478 g/mol. The number of rotatable bonds is 7. The average molecular weight is 479 g/mol. The Labute approximate surface area is 207 Å². The summed E-state index contributed by atoms with van der Waals surface area (Å²) >= 11 is 0. The summed E-state index contributed by atoms with van der Waals surface area (Å²) in [6, 6.07) is 4.97. The molecule has 1 N–H and O–H groups in total. The lowest BCUT2D eigenvalue weighted by Crippen LogP contribution is -2.50. The molecule has 8 nitrogen and oxygen atoms in total. The van der Waals surface area contributed by atoms with Crippen molar-refractivity contribution in [1.82, 2.24) is 19.8 Å². The van der Waals surface area contributed by atoms with Gasteiger partial charge in [0.05, 0.1) is 25.6 Å². The zero-order chi connectivity index (χ0) is 25.4. The highest BCUT2D eigenvalue weighted by molar-refractivity contribution is 5.97. The van der Waals surface area contributed by atoms with Crippen LogP contribution in [0.5, 0.6) is 5.88 Å². The predicted octanol–water partition coefficient (Wildman–Crippen LogP) is 2.55. The Morgan fingerprint density at radius 1 is 1.37 bits per heavy atom. The highest BCUT2D eigenvalue weighted by Gasteiger charge is 2.34. The van der Waals surface area contributed by atoms with E-state index in [1.54, 1.807) is 41.5 Å². The van der Waals surface area contributed by atoms with E-state index < -0.39 is 6.10 Å². The Morgan fingerprint density at radius 3 is 2.80 bits per heavy atom. The number of unbranched alkanes of at least 4 members (excludes halogenated alkanes) is 1. The number of hydrogen-bond donors (Lipinski definition) is 1. The van der Waals surface area contributed by atoms with Gasteiger partial charge in [0.1, 0.15) is 11.7 Å². The van der Waals surface area contributed by atoms with E-state index in [1.807, 2.05) is 26.0 Å². The summed E-state index contributed by atoms with van der Waals surface area (Å²) in [5, 5.41) is 9.80. The van der Waals surface area contributed by atoms with Crippen LogP contribution in [0.2, 0.25) is 0 Å². The van der Waals surface area contributed by atoms with E-state index >= 15 is 0 Å². The summed E-state index contributed by atoms with van der Waals surface area (Å²) in [6.07, 6.45) is 6.51. The zero-order valence-electron chi connectivity index (χ0n) is 20.9. The molecule has 1 aliphatic rings. The van der Waals surface area contributed by atoms with Crippen LogP contribution in [0.3, 0.4) is 0 Å². The fourth-order valence-corrected chi connectivity index (χ4v) is 3.86. The smallest absolute Gasteiger partial charge is 0.259 e. The van der Waals surface area contributed by atoms with Crippen LogP contribution in [0.1, 0.15) is 55.1 Å². The lowest BCUT2D eigenvalue weighted by molar-refractivity contribution is -0.130. The molecule has 0 unspecified atom stereocenters. The Balaban J connectivity index is 1.87. The van der Waals surface area contributed by atoms with Gasteiger partial charge in [0.2, 0.25) is 11.8 Å². The molecule has 2 aromatic heterocycles. The molecule has 0 fully saturated rings. The third-order valence-electron chi connectivity index (χ3n) is 6.11. The summed E-state index contributed by atoms with van der Waals surface area (Å²) in [7, 11) is 1.75. The summed E-state index contributed by atoms with van der Waals surface area (Å²) in [4.78, 5) is 38.0. The molecule has 3 heterocycles. The number of aromatic nitrogens is 2. The highest BCUT2D eigenvalue weighted by atomic mass is 16.5. The fraction of sp³-hybridized carbons (Fsp3) is 0.481. The van der Waals surface area contributed by atoms with Gasteiger partial charge >= 0.3 is 0 Å². The number of pyridine rings is 2. The molecule has 3 atom stereocenters. The summed E-state index contributed by atoms with van der Waals surface area (Å²) < 4.78 is 6.26. The summed E-state index contributed by atoms with van der Waals surface area (Å²) in [5.74, 6) is 5.95. The lowest BCUT2D eigenvalue weighted by atomic mass is 9.99. The number of nitrogens with zero attached hydrogens (tertiary/aromatic N) is 4. The number of aliphatic hydroxyl groups is 1. The quantitative estimate of drug-likeness (QED) is 0.615. The maximum Gasteiger partial charge on any atom is 0.259 e. The molecule has 0 aromatic carbocycles. The van der Waals surface area contributed by atoms with Crippen LogP contribution in [0.15, 0.2) is 36.8 Å². The van der Waals surface area contributed by atoms with E-state index in [1.165, 1.54) is 0 Å². The van der Waals surface area contributed by atoms with Crippen LogP contribution in [0, 0.1) is 17.8 Å². The van der Waals surface area contributed by atoms with Gasteiger partial charge in [-0.05, 0) is 37.1 Å². The van der Waals surface area contributed by atoms with E-state index in [2.05, 4.69) is 28.7 Å². The van der Waals surface area contributed by atoms with Crippen molar-refractivity contribution in [2.75, 3.05) is 26.7 Å². The first-order valence-corrected chi connectivity index (χ1v) is 12.0. The average Bonchev–Trinajstić information content (AvgIpc) is 2.86. The van der Waals surface area contributed by atoms with E-state index in [9.17, 15) is 14.7 Å². The van der Waals surface area contributed by atoms with Gasteiger partial charge in [-0.3, -0.25) is 14.6 Å². The van der Waals surface area contributed by atoms with Crippen molar-refractivity contribution in [2.24, 2.45) is 5.92 Å². The third kappa shape index (κ3) is 6.80.